The molecule has 0 spiro atoms. The lowest BCUT2D eigenvalue weighted by atomic mass is 10.1. The molecule has 1 atom stereocenters. The molecule has 24 heavy (non-hydrogen) atoms. The van der Waals surface area contributed by atoms with Crippen LogP contribution < -0.4 is 0 Å². The van der Waals surface area contributed by atoms with Crippen LogP contribution in [0.25, 0.3) is 0 Å². The van der Waals surface area contributed by atoms with E-state index in [1.165, 1.54) is 24.0 Å². The Hall–Kier alpha value is -1.68. The SMILES string of the molecule is OC(CN1CCCC1)CN(Cc1ccccc1)Cc1ccccc1. The molecular formula is C21H28N2O. The van der Waals surface area contributed by atoms with Crippen molar-refractivity contribution in [2.75, 3.05) is 26.2 Å². The molecule has 1 aliphatic rings. The molecule has 2 aromatic rings. The largest absolute Gasteiger partial charge is 0.390 e. The smallest absolute Gasteiger partial charge is 0.0794 e. The van der Waals surface area contributed by atoms with Crippen LogP contribution in [-0.4, -0.2) is 47.2 Å². The van der Waals surface area contributed by atoms with E-state index in [0.29, 0.717) is 6.54 Å². The van der Waals surface area contributed by atoms with Gasteiger partial charge in [0.25, 0.3) is 0 Å². The maximum Gasteiger partial charge on any atom is 0.0794 e. The molecule has 1 aliphatic heterocycles. The summed E-state index contributed by atoms with van der Waals surface area (Å²) in [5, 5.41) is 10.6. The third-order valence-corrected chi connectivity index (χ3v) is 4.63. The summed E-state index contributed by atoms with van der Waals surface area (Å²) in [4.78, 5) is 4.74. The number of aliphatic hydroxyl groups excluding tert-OH is 1. The van der Waals surface area contributed by atoms with Crippen LogP contribution in [0.3, 0.4) is 0 Å². The van der Waals surface area contributed by atoms with Gasteiger partial charge in [0.05, 0.1) is 6.10 Å². The van der Waals surface area contributed by atoms with Gasteiger partial charge in [-0.2, -0.15) is 0 Å². The lowest BCUT2D eigenvalue weighted by Crippen LogP contribution is -2.39. The van der Waals surface area contributed by atoms with E-state index in [9.17, 15) is 5.11 Å². The van der Waals surface area contributed by atoms with Crippen molar-refractivity contribution in [2.45, 2.75) is 32.0 Å². The summed E-state index contributed by atoms with van der Waals surface area (Å²) in [7, 11) is 0. The average Bonchev–Trinajstić information content (AvgIpc) is 3.09. The van der Waals surface area contributed by atoms with Crippen molar-refractivity contribution < 1.29 is 5.11 Å². The molecule has 3 heteroatoms. The number of benzene rings is 2. The molecule has 2 aromatic carbocycles. The standard InChI is InChI=1S/C21H28N2O/c24-21(17-22-13-7-8-14-22)18-23(15-19-9-3-1-4-10-19)16-20-11-5-2-6-12-20/h1-6,9-12,21,24H,7-8,13-18H2. The number of likely N-dealkylation sites (tertiary alicyclic amines) is 1. The molecule has 0 amide bonds. The van der Waals surface area contributed by atoms with Crippen molar-refractivity contribution >= 4 is 0 Å². The third-order valence-electron chi connectivity index (χ3n) is 4.63. The van der Waals surface area contributed by atoms with Crippen molar-refractivity contribution in [3.8, 4) is 0 Å². The van der Waals surface area contributed by atoms with E-state index in [-0.39, 0.29) is 6.10 Å². The zero-order valence-corrected chi connectivity index (χ0v) is 14.3. The molecule has 0 radical (unpaired) electrons. The summed E-state index contributed by atoms with van der Waals surface area (Å²) in [5.41, 5.74) is 2.59. The van der Waals surface area contributed by atoms with Gasteiger partial charge in [0.1, 0.15) is 0 Å². The van der Waals surface area contributed by atoms with Crippen LogP contribution in [-0.2, 0) is 13.1 Å². The predicted molar refractivity (Wildman–Crippen MR) is 98.7 cm³/mol. The minimum atomic E-state index is -0.296. The number of nitrogens with zero attached hydrogens (tertiary/aromatic N) is 2. The minimum Gasteiger partial charge on any atom is -0.390 e. The van der Waals surface area contributed by atoms with E-state index in [0.717, 1.165) is 32.7 Å². The molecule has 1 N–H and O–H groups in total. The second kappa shape index (κ2) is 8.97. The first-order valence-electron chi connectivity index (χ1n) is 9.00. The normalized spacial score (nSPS) is 16.6. The van der Waals surface area contributed by atoms with Gasteiger partial charge in [0.15, 0.2) is 0 Å². The van der Waals surface area contributed by atoms with Crippen molar-refractivity contribution in [1.82, 2.24) is 9.80 Å². The predicted octanol–water partition coefficient (Wildman–Crippen LogP) is 3.15. The number of β-amino-alcohol motifs (C(OH)–C–C–N with tert-alkyl or cyclic N) is 1. The lowest BCUT2D eigenvalue weighted by Gasteiger charge is -2.27. The summed E-state index contributed by atoms with van der Waals surface area (Å²) >= 11 is 0. The second-order valence-corrected chi connectivity index (χ2v) is 6.80. The van der Waals surface area contributed by atoms with Crippen LogP contribution >= 0.6 is 0 Å². The molecule has 1 heterocycles. The number of aliphatic hydroxyl groups is 1. The summed E-state index contributed by atoms with van der Waals surface area (Å²) in [5.74, 6) is 0. The molecule has 3 rings (SSSR count). The second-order valence-electron chi connectivity index (χ2n) is 6.80. The third kappa shape index (κ3) is 5.45. The van der Waals surface area contributed by atoms with E-state index in [4.69, 9.17) is 0 Å². The topological polar surface area (TPSA) is 26.7 Å². The summed E-state index contributed by atoms with van der Waals surface area (Å²) in [6.07, 6.45) is 2.24. The Labute approximate surface area is 145 Å². The highest BCUT2D eigenvalue weighted by molar-refractivity contribution is 5.17. The lowest BCUT2D eigenvalue weighted by molar-refractivity contribution is 0.0754. The Morgan fingerprint density at radius 1 is 0.833 bits per heavy atom. The van der Waals surface area contributed by atoms with E-state index in [1.807, 2.05) is 12.1 Å². The highest BCUT2D eigenvalue weighted by atomic mass is 16.3. The minimum absolute atomic E-state index is 0.296. The Morgan fingerprint density at radius 3 is 1.83 bits per heavy atom. The first-order valence-corrected chi connectivity index (χ1v) is 9.00. The molecule has 1 saturated heterocycles. The Balaban J connectivity index is 1.61. The van der Waals surface area contributed by atoms with Crippen molar-refractivity contribution in [1.29, 1.82) is 0 Å². The molecule has 1 unspecified atom stereocenters. The maximum absolute atomic E-state index is 10.6. The molecule has 0 bridgehead atoms. The van der Waals surface area contributed by atoms with Gasteiger partial charge in [0, 0.05) is 26.2 Å². The molecule has 1 fully saturated rings. The van der Waals surface area contributed by atoms with Crippen molar-refractivity contribution in [2.24, 2.45) is 0 Å². The summed E-state index contributed by atoms with van der Waals surface area (Å²) in [6.45, 7) is 5.50. The fourth-order valence-electron chi connectivity index (χ4n) is 3.49. The summed E-state index contributed by atoms with van der Waals surface area (Å²) in [6, 6.07) is 21.0. The Bertz CT molecular complexity index is 540. The molecule has 128 valence electrons. The monoisotopic (exact) mass is 324 g/mol. The van der Waals surface area contributed by atoms with Gasteiger partial charge >= 0.3 is 0 Å². The number of hydrogen-bond acceptors (Lipinski definition) is 3. The molecule has 0 aromatic heterocycles. The number of rotatable bonds is 8. The highest BCUT2D eigenvalue weighted by Crippen LogP contribution is 2.13. The molecule has 0 aliphatic carbocycles. The van der Waals surface area contributed by atoms with E-state index in [2.05, 4.69) is 58.3 Å². The fraction of sp³-hybridized carbons (Fsp3) is 0.429. The van der Waals surface area contributed by atoms with Crippen LogP contribution in [0.1, 0.15) is 24.0 Å². The van der Waals surface area contributed by atoms with E-state index < -0.39 is 0 Å². The maximum atomic E-state index is 10.6. The highest BCUT2D eigenvalue weighted by Gasteiger charge is 2.18. The summed E-state index contributed by atoms with van der Waals surface area (Å²) < 4.78 is 0. The van der Waals surface area contributed by atoms with Gasteiger partial charge in [-0.1, -0.05) is 60.7 Å². The molecule has 3 nitrogen and oxygen atoms in total. The number of hydrogen-bond donors (Lipinski definition) is 1. The quantitative estimate of drug-likeness (QED) is 0.808. The van der Waals surface area contributed by atoms with Gasteiger partial charge in [0.2, 0.25) is 0 Å². The van der Waals surface area contributed by atoms with Crippen molar-refractivity contribution in [3.63, 3.8) is 0 Å². The van der Waals surface area contributed by atoms with E-state index >= 15 is 0 Å². The van der Waals surface area contributed by atoms with Gasteiger partial charge in [-0.15, -0.1) is 0 Å². The fourth-order valence-corrected chi connectivity index (χ4v) is 3.49. The zero-order chi connectivity index (χ0) is 16.6. The zero-order valence-electron chi connectivity index (χ0n) is 14.3. The van der Waals surface area contributed by atoms with Crippen molar-refractivity contribution in [3.05, 3.63) is 71.8 Å². The molecule has 0 saturated carbocycles. The van der Waals surface area contributed by atoms with Crippen LogP contribution in [0.15, 0.2) is 60.7 Å². The van der Waals surface area contributed by atoms with Crippen LogP contribution in [0.5, 0.6) is 0 Å². The first kappa shape index (κ1) is 17.2. The van der Waals surface area contributed by atoms with E-state index in [1.54, 1.807) is 0 Å². The Morgan fingerprint density at radius 2 is 1.33 bits per heavy atom. The van der Waals surface area contributed by atoms with Gasteiger partial charge in [-0.3, -0.25) is 4.90 Å². The average molecular weight is 324 g/mol. The Kier molecular flexibility index (Phi) is 6.41. The van der Waals surface area contributed by atoms with Gasteiger partial charge < -0.3 is 10.0 Å². The van der Waals surface area contributed by atoms with Crippen LogP contribution in [0.4, 0.5) is 0 Å². The molecular weight excluding hydrogens is 296 g/mol. The van der Waals surface area contributed by atoms with Gasteiger partial charge in [-0.25, -0.2) is 0 Å². The first-order chi connectivity index (χ1) is 11.8. The van der Waals surface area contributed by atoms with Crippen LogP contribution in [0, 0.1) is 0 Å². The van der Waals surface area contributed by atoms with Gasteiger partial charge in [-0.05, 0) is 37.1 Å². The van der Waals surface area contributed by atoms with Crippen LogP contribution in [0.2, 0.25) is 0 Å².